The fraction of sp³-hybridized carbons (Fsp3) is 0.357. The molecule has 0 aliphatic carbocycles. The van der Waals surface area contributed by atoms with Gasteiger partial charge >= 0.3 is 0 Å². The van der Waals surface area contributed by atoms with Crippen molar-refractivity contribution in [2.24, 2.45) is 0 Å². The molecule has 0 unspecified atom stereocenters. The number of nitrogen functional groups attached to an aromatic ring is 1. The Morgan fingerprint density at radius 3 is 2.81 bits per heavy atom. The molecule has 0 spiro atoms. The number of benzene rings is 1. The minimum Gasteiger partial charge on any atom is -0.398 e. The number of aryl methyl sites for hydroxylation is 2. The number of imidazole rings is 1. The fourth-order valence-electron chi connectivity index (χ4n) is 2.72. The highest BCUT2D eigenvalue weighted by atomic mass is 32.2. The molecular formula is C14H18N4O2S. The first-order valence-corrected chi connectivity index (χ1v) is 8.33. The van der Waals surface area contributed by atoms with Crippen molar-refractivity contribution in [3.05, 3.63) is 35.8 Å². The standard InChI is InChI=1S/C14H18N4O2S/c1-3-17-9-14(16-10(17)2)21(19,20)18-8-7-11-12(15)5-4-6-13(11)18/h4-6,9H,3,7-8,15H2,1-2H3. The van der Waals surface area contributed by atoms with Crippen LogP contribution in [0.2, 0.25) is 0 Å². The first kappa shape index (κ1) is 13.9. The van der Waals surface area contributed by atoms with E-state index in [1.165, 1.54) is 4.31 Å². The average Bonchev–Trinajstić information content (AvgIpc) is 3.03. The summed E-state index contributed by atoms with van der Waals surface area (Å²) in [6, 6.07) is 5.36. The maximum Gasteiger partial charge on any atom is 0.283 e. The molecule has 3 rings (SSSR count). The molecule has 0 saturated carbocycles. The number of nitrogens with two attached hydrogens (primary N) is 1. The molecule has 1 aromatic heterocycles. The van der Waals surface area contributed by atoms with Crippen molar-refractivity contribution in [3.8, 4) is 0 Å². The highest BCUT2D eigenvalue weighted by Gasteiger charge is 2.33. The minimum absolute atomic E-state index is 0.0946. The van der Waals surface area contributed by atoms with Crippen LogP contribution < -0.4 is 10.0 Å². The van der Waals surface area contributed by atoms with Gasteiger partial charge in [-0.1, -0.05) is 6.07 Å². The van der Waals surface area contributed by atoms with Gasteiger partial charge in [-0.15, -0.1) is 0 Å². The summed E-state index contributed by atoms with van der Waals surface area (Å²) in [6.07, 6.45) is 2.23. The Balaban J connectivity index is 2.07. The van der Waals surface area contributed by atoms with Crippen molar-refractivity contribution >= 4 is 21.4 Å². The maximum atomic E-state index is 12.8. The van der Waals surface area contributed by atoms with Gasteiger partial charge < -0.3 is 10.3 Å². The molecule has 0 amide bonds. The smallest absolute Gasteiger partial charge is 0.283 e. The molecule has 2 N–H and O–H groups in total. The van der Waals surface area contributed by atoms with E-state index in [0.29, 0.717) is 36.7 Å². The molecule has 2 heterocycles. The van der Waals surface area contributed by atoms with Gasteiger partial charge in [-0.25, -0.2) is 4.98 Å². The van der Waals surface area contributed by atoms with E-state index in [-0.39, 0.29) is 5.03 Å². The Morgan fingerprint density at radius 1 is 1.38 bits per heavy atom. The van der Waals surface area contributed by atoms with Crippen molar-refractivity contribution < 1.29 is 8.42 Å². The van der Waals surface area contributed by atoms with Crippen LogP contribution in [0.5, 0.6) is 0 Å². The van der Waals surface area contributed by atoms with Gasteiger partial charge in [0, 0.05) is 30.5 Å². The SMILES string of the molecule is CCn1cc(S(=O)(=O)N2CCc3c(N)cccc32)nc1C. The lowest BCUT2D eigenvalue weighted by Gasteiger charge is -2.18. The topological polar surface area (TPSA) is 81.2 Å². The third-order valence-electron chi connectivity index (χ3n) is 3.87. The van der Waals surface area contributed by atoms with Crippen molar-refractivity contribution in [2.45, 2.75) is 31.8 Å². The lowest BCUT2D eigenvalue weighted by atomic mass is 10.1. The number of anilines is 2. The first-order chi connectivity index (χ1) is 9.95. The van der Waals surface area contributed by atoms with Crippen LogP contribution in [0, 0.1) is 6.92 Å². The molecule has 0 saturated heterocycles. The lowest BCUT2D eigenvalue weighted by Crippen LogP contribution is -2.29. The molecule has 1 aliphatic heterocycles. The van der Waals surface area contributed by atoms with Crippen molar-refractivity contribution in [3.63, 3.8) is 0 Å². The predicted molar refractivity (Wildman–Crippen MR) is 81.7 cm³/mol. The van der Waals surface area contributed by atoms with Crippen molar-refractivity contribution in [1.82, 2.24) is 9.55 Å². The van der Waals surface area contributed by atoms with Crippen LogP contribution in [0.4, 0.5) is 11.4 Å². The third kappa shape index (κ3) is 2.08. The van der Waals surface area contributed by atoms with Crippen LogP contribution in [-0.4, -0.2) is 24.5 Å². The van der Waals surface area contributed by atoms with Crippen LogP contribution in [0.25, 0.3) is 0 Å². The van der Waals surface area contributed by atoms with E-state index in [4.69, 9.17) is 5.73 Å². The van der Waals surface area contributed by atoms with Crippen LogP contribution in [-0.2, 0) is 23.0 Å². The Labute approximate surface area is 124 Å². The van der Waals surface area contributed by atoms with Gasteiger partial charge in [0.15, 0.2) is 5.03 Å². The lowest BCUT2D eigenvalue weighted by molar-refractivity contribution is 0.589. The summed E-state index contributed by atoms with van der Waals surface area (Å²) in [7, 11) is -3.63. The van der Waals surface area contributed by atoms with E-state index >= 15 is 0 Å². The highest BCUT2D eigenvalue weighted by Crippen LogP contribution is 2.35. The average molecular weight is 306 g/mol. The number of rotatable bonds is 3. The van der Waals surface area contributed by atoms with Gasteiger partial charge in [0.1, 0.15) is 5.82 Å². The molecule has 1 aliphatic rings. The molecule has 0 atom stereocenters. The van der Waals surface area contributed by atoms with Gasteiger partial charge in [-0.2, -0.15) is 8.42 Å². The van der Waals surface area contributed by atoms with Crippen LogP contribution in [0.1, 0.15) is 18.3 Å². The van der Waals surface area contributed by atoms with E-state index < -0.39 is 10.0 Å². The second-order valence-electron chi connectivity index (χ2n) is 5.08. The van der Waals surface area contributed by atoms with Crippen molar-refractivity contribution in [2.75, 3.05) is 16.6 Å². The number of aromatic nitrogens is 2. The normalized spacial score (nSPS) is 14.5. The molecule has 7 heteroatoms. The van der Waals surface area contributed by atoms with E-state index in [1.807, 2.05) is 11.5 Å². The minimum atomic E-state index is -3.63. The fourth-order valence-corrected chi connectivity index (χ4v) is 4.21. The number of nitrogens with zero attached hydrogens (tertiary/aromatic N) is 3. The number of sulfonamides is 1. The first-order valence-electron chi connectivity index (χ1n) is 6.89. The Kier molecular flexibility index (Phi) is 3.16. The molecule has 0 radical (unpaired) electrons. The molecular weight excluding hydrogens is 288 g/mol. The maximum absolute atomic E-state index is 12.8. The Bertz CT molecular complexity index is 795. The molecule has 0 fully saturated rings. The molecule has 2 aromatic rings. The largest absolute Gasteiger partial charge is 0.398 e. The summed E-state index contributed by atoms with van der Waals surface area (Å²) in [5.41, 5.74) is 8.13. The third-order valence-corrected chi connectivity index (χ3v) is 5.55. The Morgan fingerprint density at radius 2 is 2.14 bits per heavy atom. The van der Waals surface area contributed by atoms with Crippen LogP contribution in [0.3, 0.4) is 0 Å². The molecule has 1 aromatic carbocycles. The van der Waals surface area contributed by atoms with Crippen molar-refractivity contribution in [1.29, 1.82) is 0 Å². The van der Waals surface area contributed by atoms with Gasteiger partial charge in [0.05, 0.1) is 5.69 Å². The Hall–Kier alpha value is -2.02. The second kappa shape index (κ2) is 4.77. The summed E-state index contributed by atoms with van der Waals surface area (Å²) in [5.74, 6) is 0.697. The zero-order valence-corrected chi connectivity index (χ0v) is 12.9. The van der Waals surface area contributed by atoms with E-state index in [1.54, 1.807) is 31.3 Å². The number of hydrogen-bond acceptors (Lipinski definition) is 4. The zero-order valence-electron chi connectivity index (χ0n) is 12.1. The number of fused-ring (bicyclic) bond motifs is 1. The molecule has 112 valence electrons. The summed E-state index contributed by atoms with van der Waals surface area (Å²) >= 11 is 0. The van der Waals surface area contributed by atoms with Gasteiger partial charge in [-0.3, -0.25) is 4.31 Å². The van der Waals surface area contributed by atoms with E-state index in [0.717, 1.165) is 5.56 Å². The van der Waals surface area contributed by atoms with Gasteiger partial charge in [-0.05, 0) is 32.4 Å². The van der Waals surface area contributed by atoms with Gasteiger partial charge in [0.2, 0.25) is 0 Å². The number of hydrogen-bond donors (Lipinski definition) is 1. The summed E-state index contributed by atoms with van der Waals surface area (Å²) < 4.78 is 28.8. The summed E-state index contributed by atoms with van der Waals surface area (Å²) in [5, 5.41) is 0.0946. The molecule has 0 bridgehead atoms. The van der Waals surface area contributed by atoms with E-state index in [2.05, 4.69) is 4.98 Å². The zero-order chi connectivity index (χ0) is 15.2. The quantitative estimate of drug-likeness (QED) is 0.872. The summed E-state index contributed by atoms with van der Waals surface area (Å²) in [4.78, 5) is 4.20. The van der Waals surface area contributed by atoms with Crippen LogP contribution >= 0.6 is 0 Å². The molecule has 21 heavy (non-hydrogen) atoms. The van der Waals surface area contributed by atoms with Crippen LogP contribution in [0.15, 0.2) is 29.4 Å². The summed E-state index contributed by atoms with van der Waals surface area (Å²) in [6.45, 7) is 4.86. The molecule has 6 nitrogen and oxygen atoms in total. The predicted octanol–water partition coefficient (Wildman–Crippen LogP) is 1.55. The second-order valence-corrected chi connectivity index (χ2v) is 6.89. The highest BCUT2D eigenvalue weighted by molar-refractivity contribution is 7.92. The monoisotopic (exact) mass is 306 g/mol. The van der Waals surface area contributed by atoms with E-state index in [9.17, 15) is 8.42 Å². The van der Waals surface area contributed by atoms with Gasteiger partial charge in [0.25, 0.3) is 10.0 Å².